The maximum Gasteiger partial charge on any atom is 0.217 e. The lowest BCUT2D eigenvalue weighted by molar-refractivity contribution is 0.208. The molecule has 25 heavy (non-hydrogen) atoms. The van der Waals surface area contributed by atoms with Gasteiger partial charge in [0.05, 0.1) is 9.77 Å². The van der Waals surface area contributed by atoms with E-state index in [0.717, 1.165) is 9.22 Å². The average Bonchev–Trinajstić information content (AvgIpc) is 2.97. The molecule has 0 radical (unpaired) electrons. The zero-order valence-electron chi connectivity index (χ0n) is 13.9. The minimum Gasteiger partial charge on any atom is -0.492 e. The molecule has 132 valence electrons. The van der Waals surface area contributed by atoms with E-state index < -0.39 is 6.10 Å². The van der Waals surface area contributed by atoms with E-state index in [1.807, 2.05) is 14.0 Å². The summed E-state index contributed by atoms with van der Waals surface area (Å²) in [6, 6.07) is 6.16. The molecule has 1 aromatic carbocycles. The van der Waals surface area contributed by atoms with Crippen LogP contribution in [-0.4, -0.2) is 34.8 Å². The van der Waals surface area contributed by atoms with Gasteiger partial charge in [-0.05, 0) is 54.8 Å². The maximum atomic E-state index is 13.7. The first-order chi connectivity index (χ1) is 12.1. The van der Waals surface area contributed by atoms with Gasteiger partial charge in [-0.1, -0.05) is 0 Å². The molecule has 1 unspecified atom stereocenters. The lowest BCUT2D eigenvalue weighted by Gasteiger charge is -2.18. The Kier molecular flexibility index (Phi) is 5.69. The van der Waals surface area contributed by atoms with E-state index in [0.29, 0.717) is 30.3 Å². The highest BCUT2D eigenvalue weighted by atomic mass is 127. The van der Waals surface area contributed by atoms with Crippen molar-refractivity contribution in [2.75, 3.05) is 20.2 Å². The standard InChI is InChI=1S/C17H18FIN4O2/c1-11(13-9-12(18)3-4-15(13)24-8-6-20-2)25-16-5-7-23-17(22-16)14(19)10-21-23/h3-5,7,9-11,20H,6,8H2,1-2H3. The fourth-order valence-corrected chi connectivity index (χ4v) is 2.86. The Hall–Kier alpha value is -1.94. The SMILES string of the molecule is CNCCOc1ccc(F)cc1C(C)Oc1ccn2ncc(I)c2n1. The topological polar surface area (TPSA) is 60.7 Å². The number of rotatable bonds is 7. The second-order valence-corrected chi connectivity index (χ2v) is 6.58. The number of nitrogens with zero attached hydrogens (tertiary/aromatic N) is 3. The molecule has 1 atom stereocenters. The van der Waals surface area contributed by atoms with Crippen LogP contribution in [0.3, 0.4) is 0 Å². The third-order valence-electron chi connectivity index (χ3n) is 3.62. The van der Waals surface area contributed by atoms with E-state index in [1.165, 1.54) is 12.1 Å². The van der Waals surface area contributed by atoms with Crippen LogP contribution in [-0.2, 0) is 0 Å². The van der Waals surface area contributed by atoms with E-state index in [2.05, 4.69) is 38.0 Å². The van der Waals surface area contributed by atoms with Crippen molar-refractivity contribution in [2.24, 2.45) is 0 Å². The van der Waals surface area contributed by atoms with Crippen LogP contribution < -0.4 is 14.8 Å². The zero-order valence-corrected chi connectivity index (χ0v) is 16.0. The molecule has 0 aliphatic heterocycles. The fraction of sp³-hybridized carbons (Fsp3) is 0.294. The molecule has 2 aromatic heterocycles. The van der Waals surface area contributed by atoms with Crippen LogP contribution in [0.2, 0.25) is 0 Å². The van der Waals surface area contributed by atoms with Gasteiger partial charge < -0.3 is 14.8 Å². The molecule has 6 nitrogen and oxygen atoms in total. The Balaban J connectivity index is 1.82. The number of hydrogen-bond donors (Lipinski definition) is 1. The van der Waals surface area contributed by atoms with Crippen LogP contribution in [0.5, 0.6) is 11.6 Å². The molecule has 0 saturated carbocycles. The summed E-state index contributed by atoms with van der Waals surface area (Å²) in [4.78, 5) is 4.45. The summed E-state index contributed by atoms with van der Waals surface area (Å²) in [7, 11) is 1.85. The van der Waals surface area contributed by atoms with Crippen LogP contribution in [0, 0.1) is 9.39 Å². The van der Waals surface area contributed by atoms with Crippen molar-refractivity contribution < 1.29 is 13.9 Å². The Morgan fingerprint density at radius 1 is 1.36 bits per heavy atom. The predicted octanol–water partition coefficient (Wildman–Crippen LogP) is 3.21. The van der Waals surface area contributed by atoms with Crippen molar-refractivity contribution in [1.29, 1.82) is 0 Å². The molecule has 0 aliphatic carbocycles. The second-order valence-electron chi connectivity index (χ2n) is 5.42. The number of likely N-dealkylation sites (N-methyl/N-ethyl adjacent to an activating group) is 1. The van der Waals surface area contributed by atoms with Gasteiger partial charge in [-0.25, -0.2) is 8.91 Å². The largest absolute Gasteiger partial charge is 0.492 e. The molecule has 0 fully saturated rings. The summed E-state index contributed by atoms with van der Waals surface area (Å²) in [5.74, 6) is 0.716. The number of nitrogens with one attached hydrogen (secondary N) is 1. The third kappa shape index (κ3) is 4.18. The first kappa shape index (κ1) is 17.9. The summed E-state index contributed by atoms with van der Waals surface area (Å²) in [6.07, 6.45) is 3.09. The number of aromatic nitrogens is 3. The van der Waals surface area contributed by atoms with Gasteiger partial charge >= 0.3 is 0 Å². The van der Waals surface area contributed by atoms with Gasteiger partial charge in [0, 0.05) is 24.4 Å². The number of hydrogen-bond acceptors (Lipinski definition) is 5. The number of fused-ring (bicyclic) bond motifs is 1. The molecule has 3 rings (SSSR count). The van der Waals surface area contributed by atoms with Gasteiger partial charge in [0.1, 0.15) is 24.3 Å². The van der Waals surface area contributed by atoms with E-state index in [9.17, 15) is 4.39 Å². The molecule has 0 bridgehead atoms. The minimum atomic E-state index is -0.421. The molecular formula is C17H18FIN4O2. The van der Waals surface area contributed by atoms with Gasteiger partial charge in [-0.2, -0.15) is 10.1 Å². The second kappa shape index (κ2) is 7.96. The molecule has 2 heterocycles. The van der Waals surface area contributed by atoms with Crippen molar-refractivity contribution in [2.45, 2.75) is 13.0 Å². The minimum absolute atomic E-state index is 0.333. The highest BCUT2D eigenvalue weighted by Gasteiger charge is 2.16. The molecule has 8 heteroatoms. The lowest BCUT2D eigenvalue weighted by atomic mass is 10.1. The Bertz CT molecular complexity index is 871. The van der Waals surface area contributed by atoms with Crippen LogP contribution in [0.4, 0.5) is 4.39 Å². The lowest BCUT2D eigenvalue weighted by Crippen LogP contribution is -2.17. The third-order valence-corrected chi connectivity index (χ3v) is 4.38. The van der Waals surface area contributed by atoms with Crippen LogP contribution in [0.15, 0.2) is 36.7 Å². The van der Waals surface area contributed by atoms with Crippen LogP contribution >= 0.6 is 22.6 Å². The summed E-state index contributed by atoms with van der Waals surface area (Å²) >= 11 is 2.17. The van der Waals surface area contributed by atoms with Crippen molar-refractivity contribution in [3.05, 3.63) is 51.6 Å². The van der Waals surface area contributed by atoms with E-state index in [-0.39, 0.29) is 5.82 Å². The van der Waals surface area contributed by atoms with Crippen molar-refractivity contribution in [1.82, 2.24) is 19.9 Å². The predicted molar refractivity (Wildman–Crippen MR) is 101 cm³/mol. The normalized spacial score (nSPS) is 12.3. The van der Waals surface area contributed by atoms with Crippen molar-refractivity contribution >= 4 is 28.2 Å². The maximum absolute atomic E-state index is 13.7. The quantitative estimate of drug-likeness (QED) is 0.437. The number of ether oxygens (including phenoxy) is 2. The van der Waals surface area contributed by atoms with Crippen molar-refractivity contribution in [3.63, 3.8) is 0 Å². The molecule has 0 aliphatic rings. The fourth-order valence-electron chi connectivity index (χ4n) is 2.37. The Labute approximate surface area is 158 Å². The molecule has 3 aromatic rings. The summed E-state index contributed by atoms with van der Waals surface area (Å²) < 4.78 is 27.9. The van der Waals surface area contributed by atoms with E-state index in [4.69, 9.17) is 9.47 Å². The Morgan fingerprint density at radius 2 is 2.20 bits per heavy atom. The van der Waals surface area contributed by atoms with Crippen LogP contribution in [0.25, 0.3) is 5.65 Å². The molecular weight excluding hydrogens is 438 g/mol. The molecule has 1 N–H and O–H groups in total. The van der Waals surface area contributed by atoms with Gasteiger partial charge in [0.15, 0.2) is 5.65 Å². The monoisotopic (exact) mass is 456 g/mol. The highest BCUT2D eigenvalue weighted by Crippen LogP contribution is 2.29. The number of halogens is 2. The number of benzene rings is 1. The summed E-state index contributed by atoms with van der Waals surface area (Å²) in [5, 5.41) is 7.19. The first-order valence-corrected chi connectivity index (χ1v) is 8.89. The smallest absolute Gasteiger partial charge is 0.217 e. The van der Waals surface area contributed by atoms with Gasteiger partial charge in [-0.3, -0.25) is 0 Å². The van der Waals surface area contributed by atoms with Gasteiger partial charge in [0.25, 0.3) is 0 Å². The first-order valence-electron chi connectivity index (χ1n) is 7.82. The van der Waals surface area contributed by atoms with E-state index in [1.54, 1.807) is 29.0 Å². The van der Waals surface area contributed by atoms with E-state index >= 15 is 0 Å². The molecule has 0 spiro atoms. The van der Waals surface area contributed by atoms with Gasteiger partial charge in [-0.15, -0.1) is 0 Å². The van der Waals surface area contributed by atoms with Crippen LogP contribution in [0.1, 0.15) is 18.6 Å². The molecule has 0 amide bonds. The van der Waals surface area contributed by atoms with Crippen molar-refractivity contribution in [3.8, 4) is 11.6 Å². The highest BCUT2D eigenvalue weighted by molar-refractivity contribution is 14.1. The summed E-state index contributed by atoms with van der Waals surface area (Å²) in [6.45, 7) is 3.02. The summed E-state index contributed by atoms with van der Waals surface area (Å²) in [5.41, 5.74) is 1.36. The molecule has 0 saturated heterocycles. The average molecular weight is 456 g/mol. The Morgan fingerprint density at radius 3 is 3.00 bits per heavy atom. The zero-order chi connectivity index (χ0) is 17.8. The van der Waals surface area contributed by atoms with Gasteiger partial charge in [0.2, 0.25) is 5.88 Å².